The highest BCUT2D eigenvalue weighted by molar-refractivity contribution is 5.52. The SMILES string of the molecule is CC1(C)CN(c2nc3c(cc2CN)CCC3)CC(C)(C)O1. The van der Waals surface area contributed by atoms with Crippen LogP contribution >= 0.6 is 0 Å². The summed E-state index contributed by atoms with van der Waals surface area (Å²) in [6.45, 7) is 10.9. The van der Waals surface area contributed by atoms with Crippen molar-refractivity contribution in [3.05, 3.63) is 22.9 Å². The number of hydrogen-bond acceptors (Lipinski definition) is 4. The molecule has 0 atom stereocenters. The summed E-state index contributed by atoms with van der Waals surface area (Å²) < 4.78 is 6.18. The van der Waals surface area contributed by atoms with Gasteiger partial charge in [-0.3, -0.25) is 0 Å². The number of rotatable bonds is 2. The predicted octanol–water partition coefficient (Wildman–Crippen LogP) is 2.42. The van der Waals surface area contributed by atoms with Gasteiger partial charge in [0.25, 0.3) is 0 Å². The van der Waals surface area contributed by atoms with Crippen LogP contribution in [0, 0.1) is 0 Å². The number of morpholine rings is 1. The maximum absolute atomic E-state index is 6.18. The van der Waals surface area contributed by atoms with E-state index in [1.54, 1.807) is 0 Å². The fourth-order valence-electron chi connectivity index (χ4n) is 3.87. The lowest BCUT2D eigenvalue weighted by Gasteiger charge is -2.48. The van der Waals surface area contributed by atoms with Crippen molar-refractivity contribution in [1.82, 2.24) is 4.98 Å². The lowest BCUT2D eigenvalue weighted by Crippen LogP contribution is -2.57. The number of nitrogens with two attached hydrogens (primary N) is 1. The molecule has 3 rings (SSSR count). The average molecular weight is 289 g/mol. The van der Waals surface area contributed by atoms with Crippen molar-refractivity contribution >= 4 is 5.82 Å². The molecule has 0 amide bonds. The number of ether oxygens (including phenoxy) is 1. The molecule has 116 valence electrons. The van der Waals surface area contributed by atoms with Crippen molar-refractivity contribution in [3.63, 3.8) is 0 Å². The second-order valence-corrected chi connectivity index (χ2v) is 7.61. The van der Waals surface area contributed by atoms with Gasteiger partial charge in [0.1, 0.15) is 5.82 Å². The first-order valence-corrected chi connectivity index (χ1v) is 7.96. The summed E-state index contributed by atoms with van der Waals surface area (Å²) in [6.07, 6.45) is 3.47. The zero-order valence-electron chi connectivity index (χ0n) is 13.7. The van der Waals surface area contributed by atoms with Gasteiger partial charge in [0.05, 0.1) is 11.2 Å². The summed E-state index contributed by atoms with van der Waals surface area (Å²) in [5.74, 6) is 1.07. The van der Waals surface area contributed by atoms with E-state index < -0.39 is 0 Å². The Hall–Kier alpha value is -1.13. The number of nitrogens with zero attached hydrogens (tertiary/aromatic N) is 2. The minimum Gasteiger partial charge on any atom is -0.366 e. The van der Waals surface area contributed by atoms with Gasteiger partial charge in [-0.25, -0.2) is 4.98 Å². The first-order valence-electron chi connectivity index (χ1n) is 7.96. The van der Waals surface area contributed by atoms with E-state index in [2.05, 4.69) is 38.7 Å². The maximum atomic E-state index is 6.18. The predicted molar refractivity (Wildman–Crippen MR) is 85.6 cm³/mol. The molecule has 1 fully saturated rings. The van der Waals surface area contributed by atoms with Gasteiger partial charge in [0, 0.05) is 30.9 Å². The van der Waals surface area contributed by atoms with Gasteiger partial charge in [0.15, 0.2) is 0 Å². The molecule has 4 heteroatoms. The maximum Gasteiger partial charge on any atom is 0.133 e. The molecule has 0 spiro atoms. The zero-order valence-corrected chi connectivity index (χ0v) is 13.7. The molecule has 0 aromatic carbocycles. The third-order valence-electron chi connectivity index (χ3n) is 4.32. The number of pyridine rings is 1. The van der Waals surface area contributed by atoms with Crippen molar-refractivity contribution in [2.45, 2.75) is 64.7 Å². The third kappa shape index (κ3) is 2.92. The van der Waals surface area contributed by atoms with Crippen LogP contribution in [0.5, 0.6) is 0 Å². The van der Waals surface area contributed by atoms with Gasteiger partial charge in [0.2, 0.25) is 0 Å². The van der Waals surface area contributed by atoms with Gasteiger partial charge < -0.3 is 15.4 Å². The van der Waals surface area contributed by atoms with Crippen molar-refractivity contribution in [2.75, 3.05) is 18.0 Å². The van der Waals surface area contributed by atoms with Crippen molar-refractivity contribution < 1.29 is 4.74 Å². The molecule has 2 heterocycles. The van der Waals surface area contributed by atoms with E-state index in [4.69, 9.17) is 15.5 Å². The molecule has 1 aromatic rings. The monoisotopic (exact) mass is 289 g/mol. The smallest absolute Gasteiger partial charge is 0.133 e. The summed E-state index contributed by atoms with van der Waals surface area (Å²) >= 11 is 0. The molecule has 1 saturated heterocycles. The van der Waals surface area contributed by atoms with Crippen LogP contribution in [-0.4, -0.2) is 29.3 Å². The Balaban J connectivity index is 1.99. The van der Waals surface area contributed by atoms with Crippen LogP contribution in [0.25, 0.3) is 0 Å². The molecular weight excluding hydrogens is 262 g/mol. The third-order valence-corrected chi connectivity index (χ3v) is 4.32. The molecule has 21 heavy (non-hydrogen) atoms. The van der Waals surface area contributed by atoms with E-state index in [1.165, 1.54) is 23.2 Å². The molecule has 4 nitrogen and oxygen atoms in total. The number of hydrogen-bond donors (Lipinski definition) is 1. The van der Waals surface area contributed by atoms with Crippen molar-refractivity contribution in [2.24, 2.45) is 5.73 Å². The minimum absolute atomic E-state index is 0.172. The summed E-state index contributed by atoms with van der Waals surface area (Å²) in [7, 11) is 0. The van der Waals surface area contributed by atoms with E-state index >= 15 is 0 Å². The fourth-order valence-corrected chi connectivity index (χ4v) is 3.87. The van der Waals surface area contributed by atoms with Gasteiger partial charge in [-0.05, 0) is 58.6 Å². The van der Waals surface area contributed by atoms with E-state index in [9.17, 15) is 0 Å². The standard InChI is InChI=1S/C17H27N3O/c1-16(2)10-20(11-17(3,4)21-16)15-13(9-18)8-12-6-5-7-14(12)19-15/h8H,5-7,9-11,18H2,1-4H3. The largest absolute Gasteiger partial charge is 0.366 e. The van der Waals surface area contributed by atoms with Crippen LogP contribution < -0.4 is 10.6 Å². The highest BCUT2D eigenvalue weighted by atomic mass is 16.5. The summed E-state index contributed by atoms with van der Waals surface area (Å²) in [5, 5.41) is 0. The summed E-state index contributed by atoms with van der Waals surface area (Å²) in [4.78, 5) is 7.33. The molecule has 2 N–H and O–H groups in total. The summed E-state index contributed by atoms with van der Waals surface area (Å²) in [5.41, 5.74) is 9.48. The van der Waals surface area contributed by atoms with Crippen LogP contribution in [0.3, 0.4) is 0 Å². The first-order chi connectivity index (χ1) is 9.80. The van der Waals surface area contributed by atoms with E-state index in [0.717, 1.165) is 31.7 Å². The number of fused-ring (bicyclic) bond motifs is 1. The quantitative estimate of drug-likeness (QED) is 0.908. The minimum atomic E-state index is -0.172. The van der Waals surface area contributed by atoms with E-state index in [-0.39, 0.29) is 11.2 Å². The van der Waals surface area contributed by atoms with Crippen LogP contribution in [0.1, 0.15) is 50.9 Å². The van der Waals surface area contributed by atoms with Gasteiger partial charge in [-0.15, -0.1) is 0 Å². The number of aromatic nitrogens is 1. The Morgan fingerprint density at radius 1 is 1.19 bits per heavy atom. The second-order valence-electron chi connectivity index (χ2n) is 7.61. The molecule has 0 radical (unpaired) electrons. The molecule has 1 aliphatic carbocycles. The topological polar surface area (TPSA) is 51.4 Å². The molecule has 0 unspecified atom stereocenters. The molecule has 2 aliphatic rings. The Morgan fingerprint density at radius 2 is 1.86 bits per heavy atom. The van der Waals surface area contributed by atoms with Gasteiger partial charge in [-0.2, -0.15) is 0 Å². The fraction of sp³-hybridized carbons (Fsp3) is 0.706. The lowest BCUT2D eigenvalue weighted by atomic mass is 9.98. The molecule has 1 aromatic heterocycles. The Labute approximate surface area is 127 Å². The highest BCUT2D eigenvalue weighted by Gasteiger charge is 2.39. The normalized spacial score (nSPS) is 23.2. The number of anilines is 1. The van der Waals surface area contributed by atoms with Gasteiger partial charge >= 0.3 is 0 Å². The van der Waals surface area contributed by atoms with Crippen LogP contribution in [0.4, 0.5) is 5.82 Å². The molecular formula is C17H27N3O. The highest BCUT2D eigenvalue weighted by Crippen LogP contribution is 2.34. The van der Waals surface area contributed by atoms with Crippen LogP contribution in [0.2, 0.25) is 0 Å². The Kier molecular flexibility index (Phi) is 3.49. The molecule has 0 saturated carbocycles. The summed E-state index contributed by atoms with van der Waals surface area (Å²) in [6, 6.07) is 2.28. The first kappa shape index (κ1) is 14.8. The van der Waals surface area contributed by atoms with Crippen molar-refractivity contribution in [1.29, 1.82) is 0 Å². The van der Waals surface area contributed by atoms with E-state index in [1.807, 2.05) is 0 Å². The molecule has 1 aliphatic heterocycles. The number of aryl methyl sites for hydroxylation is 2. The Bertz CT molecular complexity index is 535. The average Bonchev–Trinajstić information content (AvgIpc) is 2.80. The molecule has 0 bridgehead atoms. The van der Waals surface area contributed by atoms with Crippen molar-refractivity contribution in [3.8, 4) is 0 Å². The Morgan fingerprint density at radius 3 is 2.48 bits per heavy atom. The zero-order chi connectivity index (χ0) is 15.3. The van der Waals surface area contributed by atoms with Gasteiger partial charge in [-0.1, -0.05) is 0 Å². The van der Waals surface area contributed by atoms with Crippen LogP contribution in [0.15, 0.2) is 6.07 Å². The van der Waals surface area contributed by atoms with E-state index in [0.29, 0.717) is 6.54 Å². The van der Waals surface area contributed by atoms with Crippen LogP contribution in [-0.2, 0) is 24.1 Å². The second kappa shape index (κ2) is 4.96. The lowest BCUT2D eigenvalue weighted by molar-refractivity contribution is -0.133.